The molecule has 29 heavy (non-hydrogen) atoms. The first kappa shape index (κ1) is 21.1. The minimum atomic E-state index is -0.700. The molecule has 1 saturated heterocycles. The average Bonchev–Trinajstić information content (AvgIpc) is 2.70. The van der Waals surface area contributed by atoms with E-state index < -0.39 is 17.8 Å². The first-order valence-corrected chi connectivity index (χ1v) is 10.3. The van der Waals surface area contributed by atoms with Crippen LogP contribution < -0.4 is 14.8 Å². The predicted molar refractivity (Wildman–Crippen MR) is 112 cm³/mol. The maximum atomic E-state index is 13.0. The van der Waals surface area contributed by atoms with Gasteiger partial charge in [0, 0.05) is 6.04 Å². The van der Waals surface area contributed by atoms with Crippen molar-refractivity contribution in [2.24, 2.45) is 0 Å². The van der Waals surface area contributed by atoms with Crippen LogP contribution in [0.1, 0.15) is 37.7 Å². The molecular formula is C21H23BrN2O5. The average molecular weight is 463 g/mol. The summed E-state index contributed by atoms with van der Waals surface area (Å²) < 4.78 is 11.6. The largest absolute Gasteiger partial charge is 0.493 e. The molecule has 1 heterocycles. The third-order valence-electron chi connectivity index (χ3n) is 4.98. The van der Waals surface area contributed by atoms with E-state index in [-0.39, 0.29) is 11.6 Å². The molecule has 0 unspecified atom stereocenters. The Hall–Kier alpha value is -2.61. The van der Waals surface area contributed by atoms with Crippen molar-refractivity contribution in [1.82, 2.24) is 10.2 Å². The zero-order valence-electron chi connectivity index (χ0n) is 16.2. The number of hydrogen-bond donors (Lipinski definition) is 1. The minimum absolute atomic E-state index is 0.0797. The molecule has 7 nitrogen and oxygen atoms in total. The van der Waals surface area contributed by atoms with Crippen LogP contribution in [0.15, 0.2) is 34.8 Å². The molecule has 0 bridgehead atoms. The van der Waals surface area contributed by atoms with Gasteiger partial charge in [-0.25, -0.2) is 4.79 Å². The van der Waals surface area contributed by atoms with Crippen molar-refractivity contribution in [3.63, 3.8) is 0 Å². The van der Waals surface area contributed by atoms with Gasteiger partial charge in [-0.1, -0.05) is 31.9 Å². The van der Waals surface area contributed by atoms with Crippen molar-refractivity contribution in [3.8, 4) is 11.5 Å². The van der Waals surface area contributed by atoms with Gasteiger partial charge < -0.3 is 9.47 Å². The topological polar surface area (TPSA) is 84.9 Å². The zero-order valence-corrected chi connectivity index (χ0v) is 17.8. The Labute approximate surface area is 177 Å². The standard InChI is InChI=1S/C21H23BrN2O5/c1-3-9-29-18-16(22)11-13(12-17(18)28-2)10-15-19(25)23-21(27)24(20(15)26)14-7-5-4-6-8-14/h3,10-12,14H,1,4-9H2,2H3,(H,23,25,27). The van der Waals surface area contributed by atoms with Crippen molar-refractivity contribution in [1.29, 1.82) is 0 Å². The molecule has 1 aliphatic carbocycles. The van der Waals surface area contributed by atoms with E-state index in [4.69, 9.17) is 9.47 Å². The number of halogens is 1. The number of amides is 4. The first-order chi connectivity index (χ1) is 14.0. The van der Waals surface area contributed by atoms with Crippen molar-refractivity contribution >= 4 is 39.9 Å². The molecule has 0 spiro atoms. The number of carbonyl (C=O) groups excluding carboxylic acids is 3. The summed E-state index contributed by atoms with van der Waals surface area (Å²) in [5, 5.41) is 2.29. The molecule has 1 aromatic carbocycles. The molecule has 2 fully saturated rings. The van der Waals surface area contributed by atoms with Gasteiger partial charge in [-0.2, -0.15) is 0 Å². The molecule has 0 aromatic heterocycles. The van der Waals surface area contributed by atoms with Gasteiger partial charge in [0.2, 0.25) is 0 Å². The van der Waals surface area contributed by atoms with E-state index >= 15 is 0 Å². The molecule has 2 aliphatic rings. The second-order valence-electron chi connectivity index (χ2n) is 6.92. The summed E-state index contributed by atoms with van der Waals surface area (Å²) in [6.45, 7) is 3.92. The summed E-state index contributed by atoms with van der Waals surface area (Å²) >= 11 is 3.43. The highest BCUT2D eigenvalue weighted by Gasteiger charge is 2.40. The highest BCUT2D eigenvalue weighted by molar-refractivity contribution is 9.10. The number of hydrogen-bond acceptors (Lipinski definition) is 5. The molecule has 0 radical (unpaired) electrons. The molecule has 1 aliphatic heterocycles. The van der Waals surface area contributed by atoms with Gasteiger partial charge in [0.1, 0.15) is 12.2 Å². The summed E-state index contributed by atoms with van der Waals surface area (Å²) in [4.78, 5) is 38.9. The maximum Gasteiger partial charge on any atom is 0.331 e. The quantitative estimate of drug-likeness (QED) is 0.394. The van der Waals surface area contributed by atoms with E-state index in [0.717, 1.165) is 32.1 Å². The third-order valence-corrected chi connectivity index (χ3v) is 5.57. The number of nitrogens with zero attached hydrogens (tertiary/aromatic N) is 1. The second-order valence-corrected chi connectivity index (χ2v) is 7.77. The molecular weight excluding hydrogens is 440 g/mol. The Kier molecular flexibility index (Phi) is 6.74. The Balaban J connectivity index is 1.94. The molecule has 4 amide bonds. The van der Waals surface area contributed by atoms with E-state index in [9.17, 15) is 14.4 Å². The van der Waals surface area contributed by atoms with Crippen LogP contribution in [0.4, 0.5) is 4.79 Å². The predicted octanol–water partition coefficient (Wildman–Crippen LogP) is 3.82. The number of methoxy groups -OCH3 is 1. The maximum absolute atomic E-state index is 13.0. The number of ether oxygens (including phenoxy) is 2. The summed E-state index contributed by atoms with van der Waals surface area (Å²) in [6, 6.07) is 2.56. The smallest absolute Gasteiger partial charge is 0.331 e. The fourth-order valence-corrected chi connectivity index (χ4v) is 4.19. The van der Waals surface area contributed by atoms with Gasteiger partial charge in [0.05, 0.1) is 11.6 Å². The number of urea groups is 1. The lowest BCUT2D eigenvalue weighted by molar-refractivity contribution is -0.132. The number of rotatable bonds is 6. The van der Waals surface area contributed by atoms with E-state index in [1.54, 1.807) is 18.2 Å². The fourth-order valence-electron chi connectivity index (χ4n) is 3.61. The molecule has 0 atom stereocenters. The van der Waals surface area contributed by atoms with E-state index in [1.807, 2.05) is 0 Å². The molecule has 8 heteroatoms. The third kappa shape index (κ3) is 4.53. The van der Waals surface area contributed by atoms with Gasteiger partial charge in [0.15, 0.2) is 11.5 Å². The van der Waals surface area contributed by atoms with Crippen molar-refractivity contribution in [2.45, 2.75) is 38.1 Å². The van der Waals surface area contributed by atoms with Crippen molar-refractivity contribution in [3.05, 3.63) is 40.4 Å². The molecule has 154 valence electrons. The number of carbonyl (C=O) groups is 3. The summed E-state index contributed by atoms with van der Waals surface area (Å²) in [5.41, 5.74) is 0.486. The van der Waals surface area contributed by atoms with Gasteiger partial charge in [-0.15, -0.1) is 0 Å². The molecule has 1 aromatic rings. The number of imide groups is 2. The summed E-state index contributed by atoms with van der Waals surface area (Å²) in [6.07, 6.45) is 7.62. The number of nitrogens with one attached hydrogen (secondary N) is 1. The normalized spacial score (nSPS) is 19.3. The van der Waals surface area contributed by atoms with Gasteiger partial charge >= 0.3 is 6.03 Å². The highest BCUT2D eigenvalue weighted by atomic mass is 79.9. The van der Waals surface area contributed by atoms with Gasteiger partial charge in [-0.05, 0) is 52.5 Å². The van der Waals surface area contributed by atoms with Crippen molar-refractivity contribution in [2.75, 3.05) is 13.7 Å². The van der Waals surface area contributed by atoms with Crippen LogP contribution >= 0.6 is 15.9 Å². The van der Waals surface area contributed by atoms with Crippen LogP contribution in [-0.2, 0) is 9.59 Å². The van der Waals surface area contributed by atoms with Gasteiger partial charge in [0.25, 0.3) is 11.8 Å². The van der Waals surface area contributed by atoms with Crippen LogP contribution in [0.5, 0.6) is 11.5 Å². The Bertz CT molecular complexity index is 874. The van der Waals surface area contributed by atoms with Crippen LogP contribution in [-0.4, -0.2) is 42.5 Å². The second kappa shape index (κ2) is 9.26. The lowest BCUT2D eigenvalue weighted by Gasteiger charge is -2.35. The van der Waals surface area contributed by atoms with Crippen LogP contribution in [0.25, 0.3) is 6.08 Å². The zero-order chi connectivity index (χ0) is 21.0. The minimum Gasteiger partial charge on any atom is -0.493 e. The lowest BCUT2D eigenvalue weighted by atomic mass is 9.93. The molecule has 1 saturated carbocycles. The van der Waals surface area contributed by atoms with Crippen molar-refractivity contribution < 1.29 is 23.9 Å². The summed E-state index contributed by atoms with van der Waals surface area (Å²) in [5.74, 6) is -0.327. The lowest BCUT2D eigenvalue weighted by Crippen LogP contribution is -2.58. The molecule has 1 N–H and O–H groups in total. The van der Waals surface area contributed by atoms with Gasteiger partial charge in [-0.3, -0.25) is 19.8 Å². The number of benzene rings is 1. The Morgan fingerprint density at radius 1 is 1.24 bits per heavy atom. The SMILES string of the molecule is C=CCOc1c(Br)cc(C=C2C(=O)NC(=O)N(C3CCCCC3)C2=O)cc1OC. The van der Waals surface area contributed by atoms with Crippen LogP contribution in [0.3, 0.4) is 0 Å². The van der Waals surface area contributed by atoms with Crippen LogP contribution in [0, 0.1) is 0 Å². The Morgan fingerprint density at radius 2 is 1.97 bits per heavy atom. The first-order valence-electron chi connectivity index (χ1n) is 9.48. The number of barbiturate groups is 1. The fraction of sp³-hybridized carbons (Fsp3) is 0.381. The molecule has 3 rings (SSSR count). The van der Waals surface area contributed by atoms with Crippen LogP contribution in [0.2, 0.25) is 0 Å². The van der Waals surface area contributed by atoms with E-state index in [0.29, 0.717) is 28.1 Å². The highest BCUT2D eigenvalue weighted by Crippen LogP contribution is 2.37. The van der Waals surface area contributed by atoms with E-state index in [2.05, 4.69) is 27.8 Å². The Morgan fingerprint density at radius 3 is 2.62 bits per heavy atom. The van der Waals surface area contributed by atoms with E-state index in [1.165, 1.54) is 18.1 Å². The monoisotopic (exact) mass is 462 g/mol. The summed E-state index contributed by atoms with van der Waals surface area (Å²) in [7, 11) is 1.50.